The highest BCUT2D eigenvalue weighted by Crippen LogP contribution is 2.26. The van der Waals surface area contributed by atoms with Crippen molar-refractivity contribution >= 4 is 10.9 Å². The van der Waals surface area contributed by atoms with Crippen LogP contribution in [0.15, 0.2) is 77.6 Å². The molecule has 5 aromatic rings. The van der Waals surface area contributed by atoms with Gasteiger partial charge in [0.1, 0.15) is 5.75 Å². The molecule has 0 amide bonds. The number of aromatic amines is 1. The predicted octanol–water partition coefficient (Wildman–Crippen LogP) is 5.38. The van der Waals surface area contributed by atoms with Crippen LogP contribution in [-0.4, -0.2) is 43.7 Å². The maximum atomic E-state index is 13.3. The number of tetrazole rings is 1. The summed E-state index contributed by atoms with van der Waals surface area (Å²) in [5.41, 5.74) is 6.15. The summed E-state index contributed by atoms with van der Waals surface area (Å²) in [7, 11) is 1.66. The van der Waals surface area contributed by atoms with Crippen LogP contribution < -0.4 is 10.3 Å². The van der Waals surface area contributed by atoms with Crippen molar-refractivity contribution in [3.63, 3.8) is 0 Å². The first-order valence-electron chi connectivity index (χ1n) is 13.7. The highest BCUT2D eigenvalue weighted by atomic mass is 16.5. The van der Waals surface area contributed by atoms with Gasteiger partial charge in [0.2, 0.25) is 0 Å². The molecule has 0 aliphatic carbocycles. The topological polar surface area (TPSA) is 88.9 Å². The molecular weight excluding hydrogens is 500 g/mol. The van der Waals surface area contributed by atoms with Crippen LogP contribution in [0.3, 0.4) is 0 Å². The minimum Gasteiger partial charge on any atom is -0.497 e. The molecule has 0 saturated heterocycles. The van der Waals surface area contributed by atoms with Gasteiger partial charge in [-0.1, -0.05) is 61.0 Å². The van der Waals surface area contributed by atoms with Gasteiger partial charge in [0.05, 0.1) is 25.2 Å². The summed E-state index contributed by atoms with van der Waals surface area (Å²) < 4.78 is 7.17. The third kappa shape index (κ3) is 6.13. The number of nitrogens with zero attached hydrogens (tertiary/aromatic N) is 5. The molecule has 0 saturated carbocycles. The number of fused-ring (bicyclic) bond motifs is 1. The van der Waals surface area contributed by atoms with Gasteiger partial charge in [0.25, 0.3) is 5.56 Å². The van der Waals surface area contributed by atoms with Gasteiger partial charge in [-0.3, -0.25) is 9.69 Å². The molecule has 0 unspecified atom stereocenters. The Morgan fingerprint density at radius 3 is 2.50 bits per heavy atom. The number of rotatable bonds is 11. The molecule has 8 nitrogen and oxygen atoms in total. The van der Waals surface area contributed by atoms with E-state index in [4.69, 9.17) is 4.74 Å². The van der Waals surface area contributed by atoms with Gasteiger partial charge >= 0.3 is 0 Å². The first-order valence-corrected chi connectivity index (χ1v) is 13.7. The Morgan fingerprint density at radius 2 is 1.77 bits per heavy atom. The fourth-order valence-corrected chi connectivity index (χ4v) is 5.40. The molecule has 5 rings (SSSR count). The zero-order valence-corrected chi connectivity index (χ0v) is 23.6. The van der Waals surface area contributed by atoms with E-state index < -0.39 is 0 Å². The number of H-pyrrole nitrogens is 1. The summed E-state index contributed by atoms with van der Waals surface area (Å²) in [6.45, 7) is 8.04. The molecule has 2 aromatic heterocycles. The summed E-state index contributed by atoms with van der Waals surface area (Å²) in [6.07, 6.45) is 1.64. The number of benzene rings is 3. The lowest BCUT2D eigenvalue weighted by molar-refractivity contribution is 0.172. The maximum Gasteiger partial charge on any atom is 0.252 e. The van der Waals surface area contributed by atoms with E-state index in [9.17, 15) is 4.79 Å². The highest BCUT2D eigenvalue weighted by Gasteiger charge is 2.26. The van der Waals surface area contributed by atoms with Crippen LogP contribution in [0.1, 0.15) is 53.0 Å². The molecule has 0 aliphatic heterocycles. The van der Waals surface area contributed by atoms with Crippen LogP contribution in [-0.2, 0) is 19.5 Å². The van der Waals surface area contributed by atoms with E-state index in [1.807, 2.05) is 48.0 Å². The normalized spacial score (nSPS) is 12.2. The van der Waals surface area contributed by atoms with Gasteiger partial charge in [-0.2, -0.15) is 0 Å². The zero-order valence-electron chi connectivity index (χ0n) is 23.6. The number of aromatic nitrogens is 5. The Hall–Kier alpha value is -4.30. The van der Waals surface area contributed by atoms with Gasteiger partial charge in [-0.15, -0.1) is 5.10 Å². The second-order valence-corrected chi connectivity index (χ2v) is 10.3. The largest absolute Gasteiger partial charge is 0.497 e. The van der Waals surface area contributed by atoms with Crippen molar-refractivity contribution in [2.45, 2.75) is 52.7 Å². The van der Waals surface area contributed by atoms with Gasteiger partial charge in [-0.05, 0) is 83.5 Å². The molecule has 3 aromatic carbocycles. The minimum atomic E-state index is -0.0775. The molecule has 2 heterocycles. The quantitative estimate of drug-likeness (QED) is 0.244. The Bertz CT molecular complexity index is 1630. The van der Waals surface area contributed by atoms with Crippen molar-refractivity contribution in [2.24, 2.45) is 0 Å². The molecular formula is C32H36N6O2. The Balaban J connectivity index is 1.48. The van der Waals surface area contributed by atoms with E-state index in [0.717, 1.165) is 58.6 Å². The molecule has 0 aliphatic rings. The lowest BCUT2D eigenvalue weighted by Crippen LogP contribution is -2.34. The van der Waals surface area contributed by atoms with E-state index in [1.165, 1.54) is 11.1 Å². The maximum absolute atomic E-state index is 13.3. The van der Waals surface area contributed by atoms with Crippen LogP contribution in [0.2, 0.25) is 0 Å². The summed E-state index contributed by atoms with van der Waals surface area (Å²) in [6, 6.07) is 24.6. The molecule has 8 heteroatoms. The van der Waals surface area contributed by atoms with Crippen LogP contribution in [0, 0.1) is 13.8 Å². The Morgan fingerprint density at radius 1 is 1.00 bits per heavy atom. The molecule has 1 atom stereocenters. The summed E-state index contributed by atoms with van der Waals surface area (Å²) >= 11 is 0. The molecule has 0 fully saturated rings. The first kappa shape index (κ1) is 27.3. The number of hydrogen-bond acceptors (Lipinski definition) is 6. The summed E-state index contributed by atoms with van der Waals surface area (Å²) in [4.78, 5) is 18.8. The number of methoxy groups -OCH3 is 1. The van der Waals surface area contributed by atoms with Gasteiger partial charge < -0.3 is 9.72 Å². The van der Waals surface area contributed by atoms with Crippen molar-refractivity contribution in [3.05, 3.63) is 117 Å². The zero-order chi connectivity index (χ0) is 28.1. The van der Waals surface area contributed by atoms with Gasteiger partial charge in [0, 0.05) is 18.7 Å². The number of hydrogen-bond donors (Lipinski definition) is 1. The highest BCUT2D eigenvalue weighted by molar-refractivity contribution is 5.82. The van der Waals surface area contributed by atoms with Crippen molar-refractivity contribution in [3.8, 4) is 5.75 Å². The van der Waals surface area contributed by atoms with E-state index in [2.05, 4.69) is 75.7 Å². The smallest absolute Gasteiger partial charge is 0.252 e. The third-order valence-corrected chi connectivity index (χ3v) is 7.45. The first-order chi connectivity index (χ1) is 19.4. The molecule has 1 N–H and O–H groups in total. The van der Waals surface area contributed by atoms with E-state index in [0.29, 0.717) is 13.1 Å². The lowest BCUT2D eigenvalue weighted by atomic mass is 10.0. The average Bonchev–Trinajstić information content (AvgIpc) is 3.41. The average molecular weight is 537 g/mol. The fraction of sp³-hybridized carbons (Fsp3) is 0.312. The minimum absolute atomic E-state index is 0.0585. The SMILES string of the molecule is CC[C@@H](c1nnnn1Cc1ccc(OC)cc1)N(CCc1ccccc1)Cc1cc2cc(C)cc(C)c2[nH]c1=O. The van der Waals surface area contributed by atoms with Crippen molar-refractivity contribution < 1.29 is 4.74 Å². The third-order valence-electron chi connectivity index (χ3n) is 7.45. The molecule has 0 radical (unpaired) electrons. The fourth-order valence-electron chi connectivity index (χ4n) is 5.40. The Kier molecular flexibility index (Phi) is 8.36. The van der Waals surface area contributed by atoms with E-state index >= 15 is 0 Å². The molecule has 206 valence electrons. The molecule has 40 heavy (non-hydrogen) atoms. The predicted molar refractivity (Wildman–Crippen MR) is 158 cm³/mol. The van der Waals surface area contributed by atoms with E-state index in [1.54, 1.807) is 7.11 Å². The number of pyridine rings is 1. The van der Waals surface area contributed by atoms with Crippen LogP contribution in [0.5, 0.6) is 5.75 Å². The monoisotopic (exact) mass is 536 g/mol. The van der Waals surface area contributed by atoms with Crippen LogP contribution in [0.25, 0.3) is 10.9 Å². The molecule has 0 spiro atoms. The number of ether oxygens (including phenoxy) is 1. The van der Waals surface area contributed by atoms with Gasteiger partial charge in [0.15, 0.2) is 5.82 Å². The second kappa shape index (κ2) is 12.3. The van der Waals surface area contributed by atoms with E-state index in [-0.39, 0.29) is 11.6 Å². The van der Waals surface area contributed by atoms with Crippen molar-refractivity contribution in [1.82, 2.24) is 30.1 Å². The van der Waals surface area contributed by atoms with Crippen LogP contribution >= 0.6 is 0 Å². The van der Waals surface area contributed by atoms with Crippen LogP contribution in [0.4, 0.5) is 0 Å². The molecule has 0 bridgehead atoms. The van der Waals surface area contributed by atoms with Crippen molar-refractivity contribution in [2.75, 3.05) is 13.7 Å². The lowest BCUT2D eigenvalue weighted by Gasteiger charge is -2.30. The summed E-state index contributed by atoms with van der Waals surface area (Å²) in [5, 5.41) is 13.9. The summed E-state index contributed by atoms with van der Waals surface area (Å²) in [5.74, 6) is 1.60. The number of aryl methyl sites for hydroxylation is 2. The second-order valence-electron chi connectivity index (χ2n) is 10.3. The standard InChI is InChI=1S/C32H36N6O2/c1-5-29(31-34-35-36-38(31)20-25-11-13-28(40-4)14-12-25)37(16-15-24-9-7-6-8-10-24)21-27-19-26-18-22(2)17-23(3)30(26)33-32(27)39/h6-14,17-19,29H,5,15-16,20-21H2,1-4H3,(H,33,39)/t29-/m0/s1. The van der Waals surface area contributed by atoms with Crippen molar-refractivity contribution in [1.29, 1.82) is 0 Å². The van der Waals surface area contributed by atoms with Gasteiger partial charge in [-0.25, -0.2) is 4.68 Å². The number of nitrogens with one attached hydrogen (secondary N) is 1. The Labute approximate surface area is 234 Å².